The van der Waals surface area contributed by atoms with Gasteiger partial charge in [-0.2, -0.15) is 0 Å². The maximum atomic E-state index is 10.2. The molecule has 0 saturated carbocycles. The molecule has 0 aliphatic carbocycles. The van der Waals surface area contributed by atoms with Crippen molar-refractivity contribution in [2.24, 2.45) is 5.73 Å². The van der Waals surface area contributed by atoms with Gasteiger partial charge >= 0.3 is 0 Å². The molecule has 0 amide bonds. The van der Waals surface area contributed by atoms with E-state index in [2.05, 4.69) is 0 Å². The molecule has 0 fully saturated rings. The summed E-state index contributed by atoms with van der Waals surface area (Å²) in [5, 5.41) is 0. The summed E-state index contributed by atoms with van der Waals surface area (Å²) in [6.07, 6.45) is 1.36. The molecular weight excluding hydrogens is 242 g/mol. The van der Waals surface area contributed by atoms with E-state index < -0.39 is 0 Å². The lowest BCUT2D eigenvalue weighted by Crippen LogP contribution is -2.23. The Labute approximate surface area is 115 Å². The summed E-state index contributed by atoms with van der Waals surface area (Å²) in [7, 11) is 0. The van der Waals surface area contributed by atoms with Crippen LogP contribution in [-0.2, 0) is 20.7 Å². The fraction of sp³-hybridized carbons (Fsp3) is 0.533. The Hall–Kier alpha value is -1.23. The zero-order valence-corrected chi connectivity index (χ0v) is 12.0. The largest absolute Gasteiger partial charge is 0.353 e. The first kappa shape index (κ1) is 17.8. The number of carbonyl (C=O) groups is 1. The van der Waals surface area contributed by atoms with Gasteiger partial charge in [-0.15, -0.1) is 0 Å². The highest BCUT2D eigenvalue weighted by atomic mass is 16.7. The minimum atomic E-state index is -0.364. The van der Waals surface area contributed by atoms with Crippen molar-refractivity contribution in [2.45, 2.75) is 39.5 Å². The van der Waals surface area contributed by atoms with Gasteiger partial charge in [-0.05, 0) is 32.8 Å². The number of hydrogen-bond donors (Lipinski definition) is 1. The van der Waals surface area contributed by atoms with Crippen molar-refractivity contribution in [1.29, 1.82) is 0 Å². The molecule has 0 radical (unpaired) electrons. The Bertz CT molecular complexity index is 310. The smallest absolute Gasteiger partial charge is 0.154 e. The summed E-state index contributed by atoms with van der Waals surface area (Å²) in [4.78, 5) is 10.2. The Balaban J connectivity index is 0.000000362. The van der Waals surface area contributed by atoms with E-state index >= 15 is 0 Å². The van der Waals surface area contributed by atoms with Gasteiger partial charge in [0.15, 0.2) is 6.29 Å². The summed E-state index contributed by atoms with van der Waals surface area (Å²) in [5.74, 6) is 0. The maximum Gasteiger partial charge on any atom is 0.154 e. The molecule has 0 aliphatic rings. The Morgan fingerprint density at radius 3 is 2.11 bits per heavy atom. The third-order valence-corrected chi connectivity index (χ3v) is 2.29. The monoisotopic (exact) mass is 267 g/mol. The van der Waals surface area contributed by atoms with Crippen LogP contribution < -0.4 is 5.73 Å². The first-order chi connectivity index (χ1) is 9.13. The first-order valence-corrected chi connectivity index (χ1v) is 6.62. The van der Waals surface area contributed by atoms with Gasteiger partial charge < -0.3 is 20.0 Å². The van der Waals surface area contributed by atoms with Gasteiger partial charge in [0, 0.05) is 13.2 Å². The fourth-order valence-corrected chi connectivity index (χ4v) is 1.45. The fourth-order valence-electron chi connectivity index (χ4n) is 1.45. The van der Waals surface area contributed by atoms with Crippen molar-refractivity contribution >= 4 is 6.29 Å². The lowest BCUT2D eigenvalue weighted by atomic mass is 10.1. The van der Waals surface area contributed by atoms with Crippen LogP contribution >= 0.6 is 0 Å². The van der Waals surface area contributed by atoms with Gasteiger partial charge in [-0.1, -0.05) is 30.3 Å². The van der Waals surface area contributed by atoms with Crippen molar-refractivity contribution in [3.63, 3.8) is 0 Å². The van der Waals surface area contributed by atoms with Gasteiger partial charge in [0.05, 0.1) is 6.04 Å². The van der Waals surface area contributed by atoms with E-state index in [0.717, 1.165) is 25.1 Å². The second kappa shape index (κ2) is 11.8. The molecule has 0 aliphatic heterocycles. The number of rotatable bonds is 7. The Kier molecular flexibility index (Phi) is 11.1. The number of ether oxygens (including phenoxy) is 2. The zero-order valence-electron chi connectivity index (χ0n) is 12.0. The molecule has 1 atom stereocenters. The number of nitrogens with two attached hydrogens (primary N) is 1. The van der Waals surface area contributed by atoms with E-state index in [1.807, 2.05) is 51.1 Å². The third-order valence-electron chi connectivity index (χ3n) is 2.29. The number of carbonyl (C=O) groups excluding carboxylic acids is 1. The molecule has 0 aromatic heterocycles. The average Bonchev–Trinajstić information content (AvgIpc) is 2.41. The molecule has 0 saturated heterocycles. The van der Waals surface area contributed by atoms with Gasteiger partial charge in [-0.3, -0.25) is 0 Å². The molecule has 0 heterocycles. The van der Waals surface area contributed by atoms with Crippen LogP contribution in [0.1, 0.15) is 26.3 Å². The second-order valence-electron chi connectivity index (χ2n) is 3.97. The molecule has 4 heteroatoms. The highest BCUT2D eigenvalue weighted by molar-refractivity contribution is 5.57. The quantitative estimate of drug-likeness (QED) is 0.607. The highest BCUT2D eigenvalue weighted by Gasteiger charge is 1.99. The third kappa shape index (κ3) is 10.4. The average molecular weight is 267 g/mol. The number of aldehydes is 1. The molecule has 1 aromatic carbocycles. The van der Waals surface area contributed by atoms with Crippen molar-refractivity contribution < 1.29 is 14.3 Å². The maximum absolute atomic E-state index is 10.2. The summed E-state index contributed by atoms with van der Waals surface area (Å²) in [5.41, 5.74) is 6.54. The second-order valence-corrected chi connectivity index (χ2v) is 3.97. The molecule has 0 spiro atoms. The van der Waals surface area contributed by atoms with Crippen molar-refractivity contribution in [3.8, 4) is 0 Å². The number of hydrogen-bond acceptors (Lipinski definition) is 4. The van der Waals surface area contributed by atoms with Crippen LogP contribution in [-0.4, -0.2) is 31.8 Å². The lowest BCUT2D eigenvalue weighted by Gasteiger charge is -2.09. The highest BCUT2D eigenvalue weighted by Crippen LogP contribution is 1.99. The molecular formula is C15H25NO3. The van der Waals surface area contributed by atoms with Crippen molar-refractivity contribution in [1.82, 2.24) is 0 Å². The van der Waals surface area contributed by atoms with E-state index in [0.29, 0.717) is 6.42 Å². The predicted molar refractivity (Wildman–Crippen MR) is 76.9 cm³/mol. The minimum Gasteiger partial charge on any atom is -0.353 e. The van der Waals surface area contributed by atoms with Crippen LogP contribution in [0.4, 0.5) is 0 Å². The zero-order chi connectivity index (χ0) is 14.5. The molecule has 108 valence electrons. The lowest BCUT2D eigenvalue weighted by molar-refractivity contribution is -0.123. The number of benzene rings is 1. The molecule has 0 bridgehead atoms. The van der Waals surface area contributed by atoms with Gasteiger partial charge in [0.1, 0.15) is 6.29 Å². The molecule has 1 aromatic rings. The van der Waals surface area contributed by atoms with Crippen LogP contribution in [0.2, 0.25) is 0 Å². The van der Waals surface area contributed by atoms with Gasteiger partial charge in [-0.25, -0.2) is 0 Å². The summed E-state index contributed by atoms with van der Waals surface area (Å²) in [6.45, 7) is 7.25. The molecule has 1 rings (SSSR count). The van der Waals surface area contributed by atoms with E-state index in [1.54, 1.807) is 0 Å². The van der Waals surface area contributed by atoms with Crippen molar-refractivity contribution in [3.05, 3.63) is 35.9 Å². The topological polar surface area (TPSA) is 61.6 Å². The molecule has 4 nitrogen and oxygen atoms in total. The standard InChI is InChI=1S/C9H11NO.C6H14O2/c10-9(7-11)6-8-4-2-1-3-5-8;1-4-7-6(3)8-5-2/h1-5,7,9H,6,10H2;6H,4-5H2,1-3H3/t9-;/m0./s1. The van der Waals surface area contributed by atoms with E-state index in [9.17, 15) is 4.79 Å². The van der Waals surface area contributed by atoms with Crippen LogP contribution in [0.15, 0.2) is 30.3 Å². The predicted octanol–water partition coefficient (Wildman–Crippen LogP) is 2.16. The van der Waals surface area contributed by atoms with Crippen LogP contribution in [0.3, 0.4) is 0 Å². The SMILES string of the molecule is CCOC(C)OCC.N[C@H](C=O)Cc1ccccc1. The molecule has 19 heavy (non-hydrogen) atoms. The van der Waals surface area contributed by atoms with Gasteiger partial charge in [0.2, 0.25) is 0 Å². The van der Waals surface area contributed by atoms with E-state index in [-0.39, 0.29) is 12.3 Å². The van der Waals surface area contributed by atoms with Crippen LogP contribution in [0.5, 0.6) is 0 Å². The molecule has 0 unspecified atom stereocenters. The van der Waals surface area contributed by atoms with Gasteiger partial charge in [0.25, 0.3) is 0 Å². The van der Waals surface area contributed by atoms with Crippen molar-refractivity contribution in [2.75, 3.05) is 13.2 Å². The molecule has 2 N–H and O–H groups in total. The first-order valence-electron chi connectivity index (χ1n) is 6.62. The van der Waals surface area contributed by atoms with E-state index in [1.165, 1.54) is 0 Å². The Morgan fingerprint density at radius 2 is 1.68 bits per heavy atom. The summed E-state index contributed by atoms with van der Waals surface area (Å²) < 4.78 is 10.1. The van der Waals surface area contributed by atoms with E-state index in [4.69, 9.17) is 15.2 Å². The van der Waals surface area contributed by atoms with Crippen LogP contribution in [0, 0.1) is 0 Å². The minimum absolute atomic E-state index is 0.0370. The Morgan fingerprint density at radius 1 is 1.16 bits per heavy atom. The normalized spacial score (nSPS) is 11.6. The van der Waals surface area contributed by atoms with Crippen LogP contribution in [0.25, 0.3) is 0 Å². The summed E-state index contributed by atoms with van der Waals surface area (Å²) in [6, 6.07) is 9.37. The summed E-state index contributed by atoms with van der Waals surface area (Å²) >= 11 is 0.